The third-order valence-corrected chi connectivity index (χ3v) is 5.90. The minimum absolute atomic E-state index is 0.0336. The van der Waals surface area contributed by atoms with Crippen molar-refractivity contribution in [2.24, 2.45) is 0 Å². The number of thiazole rings is 1. The molecule has 0 radical (unpaired) electrons. The minimum Gasteiger partial charge on any atom is -0.376 e. The van der Waals surface area contributed by atoms with Gasteiger partial charge in [0.25, 0.3) is 5.91 Å². The maximum atomic E-state index is 13.1. The molecule has 1 atom stereocenters. The molecule has 0 spiro atoms. The van der Waals surface area contributed by atoms with E-state index in [2.05, 4.69) is 10.3 Å². The summed E-state index contributed by atoms with van der Waals surface area (Å²) in [5.41, 5.74) is 2.49. The number of benzene rings is 2. The highest BCUT2D eigenvalue weighted by atomic mass is 32.1. The molecule has 30 heavy (non-hydrogen) atoms. The van der Waals surface area contributed by atoms with E-state index in [0.29, 0.717) is 11.7 Å². The molecule has 1 aliphatic rings. The summed E-state index contributed by atoms with van der Waals surface area (Å²) in [6.45, 7) is 2.70. The fraction of sp³-hybridized carbons (Fsp3) is 0.261. The first-order valence-electron chi connectivity index (χ1n) is 9.93. The third kappa shape index (κ3) is 4.93. The van der Waals surface area contributed by atoms with Gasteiger partial charge in [0.05, 0.1) is 22.9 Å². The van der Waals surface area contributed by atoms with Crippen LogP contribution in [-0.4, -0.2) is 36.1 Å². The predicted molar refractivity (Wildman–Crippen MR) is 121 cm³/mol. The van der Waals surface area contributed by atoms with Gasteiger partial charge in [-0.1, -0.05) is 35.6 Å². The van der Waals surface area contributed by atoms with Crippen LogP contribution in [-0.2, 0) is 14.3 Å². The van der Waals surface area contributed by atoms with Crippen molar-refractivity contribution >= 4 is 50.3 Å². The van der Waals surface area contributed by atoms with Crippen LogP contribution < -0.4 is 10.2 Å². The van der Waals surface area contributed by atoms with Gasteiger partial charge in [0.1, 0.15) is 0 Å². The SMILES string of the molecule is CC(=O)Nc1ccc(/C=C/C(=O)N(CC2CCCO2)c2nc3ccccc3s2)cc1. The molecule has 1 aromatic heterocycles. The van der Waals surface area contributed by atoms with E-state index >= 15 is 0 Å². The number of hydrogen-bond donors (Lipinski definition) is 1. The molecule has 154 valence electrons. The number of anilines is 2. The van der Waals surface area contributed by atoms with Gasteiger partial charge in [-0.15, -0.1) is 0 Å². The Kier molecular flexibility index (Phi) is 6.21. The maximum absolute atomic E-state index is 13.1. The van der Waals surface area contributed by atoms with Gasteiger partial charge in [0.15, 0.2) is 5.13 Å². The molecular weight excluding hydrogens is 398 g/mol. The van der Waals surface area contributed by atoms with Gasteiger partial charge in [-0.2, -0.15) is 0 Å². The molecule has 2 amide bonds. The van der Waals surface area contributed by atoms with E-state index < -0.39 is 0 Å². The molecule has 1 aliphatic heterocycles. The van der Waals surface area contributed by atoms with Crippen LogP contribution in [0.1, 0.15) is 25.3 Å². The summed E-state index contributed by atoms with van der Waals surface area (Å²) in [4.78, 5) is 30.6. The molecule has 7 heteroatoms. The Labute approximate surface area is 179 Å². The Morgan fingerprint density at radius 1 is 1.23 bits per heavy atom. The highest BCUT2D eigenvalue weighted by Crippen LogP contribution is 2.30. The van der Waals surface area contributed by atoms with Gasteiger partial charge >= 0.3 is 0 Å². The van der Waals surface area contributed by atoms with E-state index in [0.717, 1.165) is 40.9 Å². The number of rotatable bonds is 6. The number of ether oxygens (including phenoxy) is 1. The second kappa shape index (κ2) is 9.19. The van der Waals surface area contributed by atoms with Gasteiger partial charge in [-0.05, 0) is 48.7 Å². The number of amides is 2. The lowest BCUT2D eigenvalue weighted by atomic mass is 10.2. The average Bonchev–Trinajstić information content (AvgIpc) is 3.40. The molecule has 0 saturated carbocycles. The molecule has 2 heterocycles. The second-order valence-electron chi connectivity index (χ2n) is 7.18. The summed E-state index contributed by atoms with van der Waals surface area (Å²) in [6.07, 6.45) is 5.34. The van der Waals surface area contributed by atoms with E-state index in [-0.39, 0.29) is 17.9 Å². The maximum Gasteiger partial charge on any atom is 0.252 e. The molecular formula is C23H23N3O3S. The van der Waals surface area contributed by atoms with Crippen LogP contribution in [0, 0.1) is 0 Å². The summed E-state index contributed by atoms with van der Waals surface area (Å²) in [6, 6.07) is 15.2. The zero-order valence-electron chi connectivity index (χ0n) is 16.7. The van der Waals surface area contributed by atoms with Gasteiger partial charge in [0.2, 0.25) is 5.91 Å². The second-order valence-corrected chi connectivity index (χ2v) is 8.19. The highest BCUT2D eigenvalue weighted by molar-refractivity contribution is 7.22. The number of hydrogen-bond acceptors (Lipinski definition) is 5. The van der Waals surface area contributed by atoms with Crippen molar-refractivity contribution in [2.45, 2.75) is 25.9 Å². The van der Waals surface area contributed by atoms with Crippen molar-refractivity contribution in [1.29, 1.82) is 0 Å². The van der Waals surface area contributed by atoms with Crippen molar-refractivity contribution in [2.75, 3.05) is 23.4 Å². The lowest BCUT2D eigenvalue weighted by Gasteiger charge is -2.21. The topological polar surface area (TPSA) is 71.5 Å². The van der Waals surface area contributed by atoms with Crippen LogP contribution in [0.5, 0.6) is 0 Å². The first kappa shape index (κ1) is 20.3. The van der Waals surface area contributed by atoms with Gasteiger partial charge < -0.3 is 10.1 Å². The van der Waals surface area contributed by atoms with Crippen molar-refractivity contribution in [3.05, 3.63) is 60.2 Å². The van der Waals surface area contributed by atoms with E-state index in [4.69, 9.17) is 4.74 Å². The van der Waals surface area contributed by atoms with Crippen molar-refractivity contribution in [3.63, 3.8) is 0 Å². The monoisotopic (exact) mass is 421 g/mol. The molecule has 1 N–H and O–H groups in total. The molecule has 3 aromatic rings. The number of nitrogens with zero attached hydrogens (tertiary/aromatic N) is 2. The zero-order valence-corrected chi connectivity index (χ0v) is 17.5. The van der Waals surface area contributed by atoms with Gasteiger partial charge in [-0.3, -0.25) is 14.5 Å². The Morgan fingerprint density at radius 3 is 2.73 bits per heavy atom. The van der Waals surface area contributed by atoms with E-state index in [1.165, 1.54) is 18.3 Å². The fourth-order valence-corrected chi connectivity index (χ4v) is 4.35. The minimum atomic E-state index is -0.129. The number of aromatic nitrogens is 1. The van der Waals surface area contributed by atoms with Crippen LogP contribution in [0.2, 0.25) is 0 Å². The Morgan fingerprint density at radius 2 is 2.03 bits per heavy atom. The van der Waals surface area contributed by atoms with E-state index in [9.17, 15) is 9.59 Å². The van der Waals surface area contributed by atoms with Crippen LogP contribution in [0.15, 0.2) is 54.6 Å². The fourth-order valence-electron chi connectivity index (χ4n) is 3.37. The smallest absolute Gasteiger partial charge is 0.252 e. The first-order valence-corrected chi connectivity index (χ1v) is 10.7. The van der Waals surface area contributed by atoms with Crippen LogP contribution in [0.25, 0.3) is 16.3 Å². The molecule has 2 aromatic carbocycles. The third-order valence-electron chi connectivity index (χ3n) is 4.84. The standard InChI is InChI=1S/C23H23N3O3S/c1-16(27)24-18-11-8-17(9-12-18)10-13-22(28)26(15-19-5-4-14-29-19)23-25-20-6-2-3-7-21(20)30-23/h2-3,6-13,19H,4-5,14-15H2,1H3,(H,24,27)/b13-10+. The van der Waals surface area contributed by atoms with E-state index in [1.807, 2.05) is 48.5 Å². The Balaban J connectivity index is 1.54. The van der Waals surface area contributed by atoms with Crippen molar-refractivity contribution < 1.29 is 14.3 Å². The zero-order chi connectivity index (χ0) is 20.9. The molecule has 1 saturated heterocycles. The van der Waals surface area contributed by atoms with Crippen molar-refractivity contribution in [3.8, 4) is 0 Å². The molecule has 4 rings (SSSR count). The number of nitrogens with one attached hydrogen (secondary N) is 1. The quantitative estimate of drug-likeness (QED) is 0.596. The average molecular weight is 422 g/mol. The molecule has 6 nitrogen and oxygen atoms in total. The number of para-hydroxylation sites is 1. The number of carbonyl (C=O) groups excluding carboxylic acids is 2. The largest absolute Gasteiger partial charge is 0.376 e. The lowest BCUT2D eigenvalue weighted by molar-refractivity contribution is -0.115. The Bertz CT molecular complexity index is 1040. The highest BCUT2D eigenvalue weighted by Gasteiger charge is 2.25. The Hall–Kier alpha value is -3.03. The molecule has 1 unspecified atom stereocenters. The van der Waals surface area contributed by atoms with Crippen molar-refractivity contribution in [1.82, 2.24) is 4.98 Å². The number of carbonyl (C=O) groups is 2. The summed E-state index contributed by atoms with van der Waals surface area (Å²) in [5, 5.41) is 3.41. The lowest BCUT2D eigenvalue weighted by Crippen LogP contribution is -2.36. The summed E-state index contributed by atoms with van der Waals surface area (Å²) in [7, 11) is 0. The van der Waals surface area contributed by atoms with Gasteiger partial charge in [0, 0.05) is 25.3 Å². The summed E-state index contributed by atoms with van der Waals surface area (Å²) >= 11 is 1.51. The summed E-state index contributed by atoms with van der Waals surface area (Å²) in [5.74, 6) is -0.246. The number of fused-ring (bicyclic) bond motifs is 1. The van der Waals surface area contributed by atoms with Crippen LogP contribution in [0.3, 0.4) is 0 Å². The predicted octanol–water partition coefficient (Wildman–Crippen LogP) is 4.48. The first-order chi connectivity index (χ1) is 14.6. The van der Waals surface area contributed by atoms with E-state index in [1.54, 1.807) is 17.1 Å². The van der Waals surface area contributed by atoms with Crippen LogP contribution >= 0.6 is 11.3 Å². The molecule has 1 fully saturated rings. The molecule has 0 aliphatic carbocycles. The van der Waals surface area contributed by atoms with Crippen LogP contribution in [0.4, 0.5) is 10.8 Å². The normalized spacial score (nSPS) is 16.2. The summed E-state index contributed by atoms with van der Waals surface area (Å²) < 4.78 is 6.81. The molecule has 0 bridgehead atoms. The van der Waals surface area contributed by atoms with Gasteiger partial charge in [-0.25, -0.2) is 4.98 Å².